The predicted octanol–water partition coefficient (Wildman–Crippen LogP) is 2.34. The van der Waals surface area contributed by atoms with Gasteiger partial charge in [-0.05, 0) is 38.8 Å². The highest BCUT2D eigenvalue weighted by molar-refractivity contribution is 5.98. The lowest BCUT2D eigenvalue weighted by atomic mass is 9.91. The van der Waals surface area contributed by atoms with Crippen molar-refractivity contribution in [1.82, 2.24) is 10.3 Å². The smallest absolute Gasteiger partial charge is 0.244 e. The van der Waals surface area contributed by atoms with Gasteiger partial charge < -0.3 is 15.4 Å². The second kappa shape index (κ2) is 6.70. The fourth-order valence-corrected chi connectivity index (χ4v) is 2.69. The van der Waals surface area contributed by atoms with Crippen molar-refractivity contribution in [3.63, 3.8) is 0 Å². The van der Waals surface area contributed by atoms with Crippen LogP contribution in [0.2, 0.25) is 0 Å². The van der Waals surface area contributed by atoms with Crippen LogP contribution in [0.1, 0.15) is 39.5 Å². The Morgan fingerprint density at radius 1 is 1.50 bits per heavy atom. The van der Waals surface area contributed by atoms with E-state index in [1.807, 2.05) is 13.0 Å². The summed E-state index contributed by atoms with van der Waals surface area (Å²) in [5.41, 5.74) is 0.301. The highest BCUT2D eigenvalue weighted by Crippen LogP contribution is 2.26. The minimum atomic E-state index is -0.409. The molecule has 1 atom stereocenters. The maximum Gasteiger partial charge on any atom is 0.244 e. The van der Waals surface area contributed by atoms with Crippen molar-refractivity contribution in [2.75, 3.05) is 18.5 Å². The molecule has 0 bridgehead atoms. The highest BCUT2D eigenvalue weighted by Gasteiger charge is 2.39. The Kier molecular flexibility index (Phi) is 4.95. The van der Waals surface area contributed by atoms with Gasteiger partial charge in [-0.15, -0.1) is 0 Å². The van der Waals surface area contributed by atoms with E-state index in [-0.39, 0.29) is 5.91 Å². The number of hydrogen-bond acceptors (Lipinski definition) is 4. The molecule has 5 heteroatoms. The van der Waals surface area contributed by atoms with E-state index in [1.165, 1.54) is 0 Å². The van der Waals surface area contributed by atoms with Gasteiger partial charge in [0.15, 0.2) is 0 Å². The molecule has 1 aliphatic rings. The van der Waals surface area contributed by atoms with Gasteiger partial charge in [-0.2, -0.15) is 0 Å². The summed E-state index contributed by atoms with van der Waals surface area (Å²) in [5, 5.41) is 6.32. The maximum absolute atomic E-state index is 12.5. The van der Waals surface area contributed by atoms with Gasteiger partial charge in [0.1, 0.15) is 0 Å². The molecule has 1 saturated heterocycles. The Hall–Kier alpha value is -1.62. The Morgan fingerprint density at radius 3 is 2.90 bits per heavy atom. The lowest BCUT2D eigenvalue weighted by molar-refractivity contribution is -0.122. The first-order chi connectivity index (χ1) is 9.70. The number of nitrogens with zero attached hydrogens (tertiary/aromatic N) is 1. The summed E-state index contributed by atoms with van der Waals surface area (Å²) in [6.07, 6.45) is 5.44. The molecule has 1 fully saturated rings. The van der Waals surface area contributed by atoms with Gasteiger partial charge in [-0.3, -0.25) is 4.79 Å². The molecule has 110 valence electrons. The molecule has 2 N–H and O–H groups in total. The molecule has 5 nitrogen and oxygen atoms in total. The van der Waals surface area contributed by atoms with Crippen LogP contribution in [-0.4, -0.2) is 29.6 Å². The van der Waals surface area contributed by atoms with Crippen molar-refractivity contribution in [2.24, 2.45) is 0 Å². The monoisotopic (exact) mass is 277 g/mol. The molecular weight excluding hydrogens is 254 g/mol. The minimum absolute atomic E-state index is 0.0443. The van der Waals surface area contributed by atoms with E-state index < -0.39 is 5.54 Å². The Bertz CT molecular complexity index is 439. The van der Waals surface area contributed by atoms with Gasteiger partial charge >= 0.3 is 0 Å². The van der Waals surface area contributed by atoms with E-state index in [2.05, 4.69) is 22.5 Å². The van der Waals surface area contributed by atoms with Gasteiger partial charge in [0.05, 0.1) is 24.0 Å². The zero-order valence-electron chi connectivity index (χ0n) is 12.2. The van der Waals surface area contributed by atoms with Crippen LogP contribution >= 0.6 is 0 Å². The van der Waals surface area contributed by atoms with Crippen LogP contribution in [0.15, 0.2) is 18.3 Å². The van der Waals surface area contributed by atoms with E-state index >= 15 is 0 Å². The molecule has 1 aromatic rings. The van der Waals surface area contributed by atoms with Gasteiger partial charge in [0, 0.05) is 6.07 Å². The normalized spacial score (nSPS) is 21.7. The van der Waals surface area contributed by atoms with Crippen molar-refractivity contribution in [2.45, 2.75) is 45.1 Å². The van der Waals surface area contributed by atoms with Gasteiger partial charge in [-0.25, -0.2) is 4.98 Å². The third kappa shape index (κ3) is 3.28. The fourth-order valence-electron chi connectivity index (χ4n) is 2.69. The topological polar surface area (TPSA) is 63.2 Å². The molecule has 0 radical (unpaired) electrons. The van der Waals surface area contributed by atoms with Crippen LogP contribution in [0.4, 0.5) is 5.69 Å². The largest absolute Gasteiger partial charge is 0.478 e. The number of aromatic nitrogens is 1. The number of hydrogen-bond donors (Lipinski definition) is 2. The zero-order chi connectivity index (χ0) is 14.4. The Morgan fingerprint density at radius 2 is 2.35 bits per heavy atom. The van der Waals surface area contributed by atoms with E-state index in [4.69, 9.17) is 4.74 Å². The standard InChI is InChI=1S/C15H23N3O2/c1-3-8-15(9-5-10-17-15)14(19)18-12-6-7-13(16-11-12)20-4-2/h6-7,11,17H,3-5,8-10H2,1-2H3,(H,18,19). The molecule has 20 heavy (non-hydrogen) atoms. The summed E-state index contributed by atoms with van der Waals surface area (Å²) in [6.45, 7) is 5.52. The summed E-state index contributed by atoms with van der Waals surface area (Å²) >= 11 is 0. The van der Waals surface area contributed by atoms with E-state index in [0.717, 1.165) is 32.2 Å². The Balaban J connectivity index is 2.02. The molecule has 1 aromatic heterocycles. The van der Waals surface area contributed by atoms with Crippen molar-refractivity contribution >= 4 is 11.6 Å². The fraction of sp³-hybridized carbons (Fsp3) is 0.600. The van der Waals surface area contributed by atoms with Crippen molar-refractivity contribution in [3.8, 4) is 5.88 Å². The van der Waals surface area contributed by atoms with Gasteiger partial charge in [-0.1, -0.05) is 13.3 Å². The molecule has 1 aliphatic heterocycles. The second-order valence-electron chi connectivity index (χ2n) is 5.13. The maximum atomic E-state index is 12.5. The minimum Gasteiger partial charge on any atom is -0.478 e. The second-order valence-corrected chi connectivity index (χ2v) is 5.13. The number of pyridine rings is 1. The van der Waals surface area contributed by atoms with Crippen LogP contribution in [-0.2, 0) is 4.79 Å². The molecule has 0 aliphatic carbocycles. The number of amides is 1. The summed E-state index contributed by atoms with van der Waals surface area (Å²) in [7, 11) is 0. The predicted molar refractivity (Wildman–Crippen MR) is 78.9 cm³/mol. The quantitative estimate of drug-likeness (QED) is 0.837. The number of rotatable bonds is 6. The van der Waals surface area contributed by atoms with Gasteiger partial charge in [0.2, 0.25) is 11.8 Å². The van der Waals surface area contributed by atoms with Crippen LogP contribution in [0.25, 0.3) is 0 Å². The van der Waals surface area contributed by atoms with Crippen LogP contribution in [0.5, 0.6) is 5.88 Å². The average molecular weight is 277 g/mol. The summed E-state index contributed by atoms with van der Waals surface area (Å²) < 4.78 is 5.29. The molecule has 1 amide bonds. The molecule has 2 heterocycles. The number of ether oxygens (including phenoxy) is 1. The summed E-state index contributed by atoms with van der Waals surface area (Å²) in [4.78, 5) is 16.7. The highest BCUT2D eigenvalue weighted by atomic mass is 16.5. The van der Waals surface area contributed by atoms with Gasteiger partial charge in [0.25, 0.3) is 0 Å². The lowest BCUT2D eigenvalue weighted by Gasteiger charge is -2.27. The number of nitrogens with one attached hydrogen (secondary N) is 2. The van der Waals surface area contributed by atoms with E-state index in [0.29, 0.717) is 18.2 Å². The van der Waals surface area contributed by atoms with Crippen LogP contribution < -0.4 is 15.4 Å². The van der Waals surface area contributed by atoms with Crippen LogP contribution in [0, 0.1) is 0 Å². The first-order valence-electron chi connectivity index (χ1n) is 7.35. The number of carbonyl (C=O) groups excluding carboxylic acids is 1. The van der Waals surface area contributed by atoms with Crippen molar-refractivity contribution < 1.29 is 9.53 Å². The molecule has 0 aromatic carbocycles. The summed E-state index contributed by atoms with van der Waals surface area (Å²) in [6, 6.07) is 3.60. The molecule has 1 unspecified atom stereocenters. The first-order valence-corrected chi connectivity index (χ1v) is 7.35. The third-order valence-electron chi connectivity index (χ3n) is 3.64. The van der Waals surface area contributed by atoms with Crippen molar-refractivity contribution in [1.29, 1.82) is 0 Å². The van der Waals surface area contributed by atoms with Crippen molar-refractivity contribution in [3.05, 3.63) is 18.3 Å². The first kappa shape index (κ1) is 14.8. The number of carbonyl (C=O) groups is 1. The average Bonchev–Trinajstić information content (AvgIpc) is 2.92. The van der Waals surface area contributed by atoms with E-state index in [9.17, 15) is 4.79 Å². The summed E-state index contributed by atoms with van der Waals surface area (Å²) in [5.74, 6) is 0.621. The lowest BCUT2D eigenvalue weighted by Crippen LogP contribution is -2.50. The molecule has 0 saturated carbocycles. The zero-order valence-corrected chi connectivity index (χ0v) is 12.2. The SMILES string of the molecule is CCCC1(C(=O)Nc2ccc(OCC)nc2)CCCN1. The number of anilines is 1. The molecular formula is C15H23N3O2. The van der Waals surface area contributed by atoms with Crippen LogP contribution in [0.3, 0.4) is 0 Å². The Labute approximate surface area is 120 Å². The van der Waals surface area contributed by atoms with E-state index in [1.54, 1.807) is 12.3 Å². The molecule has 0 spiro atoms. The third-order valence-corrected chi connectivity index (χ3v) is 3.64. The molecule has 2 rings (SSSR count).